The molecule has 1 N–H and O–H groups in total. The van der Waals surface area contributed by atoms with E-state index in [1.807, 2.05) is 13.0 Å². The molecule has 0 aliphatic carbocycles. The molecule has 2 rings (SSSR count). The highest BCUT2D eigenvalue weighted by Crippen LogP contribution is 2.22. The lowest BCUT2D eigenvalue weighted by molar-refractivity contribution is 0.836. The van der Waals surface area contributed by atoms with Crippen molar-refractivity contribution in [3.05, 3.63) is 38.3 Å². The second-order valence-electron chi connectivity index (χ2n) is 3.83. The Morgan fingerprint density at radius 2 is 2.19 bits per heavy atom. The normalized spacial score (nSPS) is 10.9. The van der Waals surface area contributed by atoms with Gasteiger partial charge in [-0.2, -0.15) is 0 Å². The van der Waals surface area contributed by atoms with Crippen molar-refractivity contribution in [2.24, 2.45) is 0 Å². The number of benzene rings is 1. The molecule has 1 aromatic heterocycles. The fraction of sp³-hybridized carbons (Fsp3) is 0.333. The molecule has 1 aromatic carbocycles. The van der Waals surface area contributed by atoms with Crippen molar-refractivity contribution in [1.82, 2.24) is 9.97 Å². The molecule has 0 fully saturated rings. The Hall–Kier alpha value is -1.16. The van der Waals surface area contributed by atoms with Gasteiger partial charge < -0.3 is 4.98 Å². The average Bonchev–Trinajstić information content (AvgIpc) is 2.25. The van der Waals surface area contributed by atoms with Gasteiger partial charge >= 0.3 is 0 Å². The van der Waals surface area contributed by atoms with E-state index in [1.54, 1.807) is 6.07 Å². The fourth-order valence-electron chi connectivity index (χ4n) is 1.72. The molecule has 2 aromatic rings. The molecule has 0 atom stereocenters. The van der Waals surface area contributed by atoms with Crippen molar-refractivity contribution < 1.29 is 0 Å². The largest absolute Gasteiger partial charge is 0.310 e. The van der Waals surface area contributed by atoms with Gasteiger partial charge in [0.1, 0.15) is 5.82 Å². The zero-order chi connectivity index (χ0) is 11.7. The molecule has 0 unspecified atom stereocenters. The topological polar surface area (TPSA) is 45.8 Å². The first-order valence-corrected chi connectivity index (χ1v) is 6.10. The maximum Gasteiger partial charge on any atom is 0.258 e. The van der Waals surface area contributed by atoms with Crippen LogP contribution in [0, 0.1) is 6.92 Å². The molecule has 16 heavy (non-hydrogen) atoms. The van der Waals surface area contributed by atoms with Crippen molar-refractivity contribution in [3.63, 3.8) is 0 Å². The molecule has 0 aliphatic heterocycles. The van der Waals surface area contributed by atoms with Gasteiger partial charge in [0.05, 0.1) is 10.9 Å². The highest BCUT2D eigenvalue weighted by Gasteiger charge is 2.07. The van der Waals surface area contributed by atoms with Gasteiger partial charge in [-0.15, -0.1) is 0 Å². The number of halogens is 1. The molecule has 1 heterocycles. The second-order valence-corrected chi connectivity index (χ2v) is 4.69. The third kappa shape index (κ3) is 1.89. The molecular weight excluding hydrogens is 268 g/mol. The molecule has 0 spiro atoms. The summed E-state index contributed by atoms with van der Waals surface area (Å²) in [6.07, 6.45) is 1.78. The Balaban J connectivity index is 2.78. The first kappa shape index (κ1) is 11.3. The number of nitrogens with one attached hydrogen (secondary N) is 1. The predicted molar refractivity (Wildman–Crippen MR) is 68.8 cm³/mol. The Morgan fingerprint density at radius 3 is 2.88 bits per heavy atom. The van der Waals surface area contributed by atoms with E-state index in [-0.39, 0.29) is 5.56 Å². The van der Waals surface area contributed by atoms with Gasteiger partial charge in [0.25, 0.3) is 5.56 Å². The Labute approximate surface area is 102 Å². The minimum Gasteiger partial charge on any atom is -0.310 e. The summed E-state index contributed by atoms with van der Waals surface area (Å²) in [5, 5.41) is 0.653. The van der Waals surface area contributed by atoms with Gasteiger partial charge in [-0.3, -0.25) is 4.79 Å². The predicted octanol–water partition coefficient (Wildman–Crippen LogP) is 2.95. The van der Waals surface area contributed by atoms with E-state index in [1.165, 1.54) is 0 Å². The van der Waals surface area contributed by atoms with Gasteiger partial charge in [0.15, 0.2) is 0 Å². The van der Waals surface area contributed by atoms with Crippen LogP contribution in [-0.2, 0) is 6.42 Å². The van der Waals surface area contributed by atoms with Crippen LogP contribution in [0.25, 0.3) is 10.9 Å². The number of aryl methyl sites for hydroxylation is 2. The van der Waals surface area contributed by atoms with Crippen molar-refractivity contribution >= 4 is 26.8 Å². The third-order valence-corrected chi connectivity index (χ3v) is 3.46. The van der Waals surface area contributed by atoms with E-state index in [0.29, 0.717) is 5.39 Å². The van der Waals surface area contributed by atoms with E-state index in [9.17, 15) is 4.79 Å². The molecule has 84 valence electrons. The van der Waals surface area contributed by atoms with Crippen LogP contribution in [0.15, 0.2) is 21.4 Å². The summed E-state index contributed by atoms with van der Waals surface area (Å²) in [4.78, 5) is 19.1. The van der Waals surface area contributed by atoms with Gasteiger partial charge in [0.2, 0.25) is 0 Å². The minimum absolute atomic E-state index is 0.0518. The lowest BCUT2D eigenvalue weighted by Crippen LogP contribution is -2.12. The second kappa shape index (κ2) is 4.37. The average molecular weight is 281 g/mol. The summed E-state index contributed by atoms with van der Waals surface area (Å²) >= 11 is 3.45. The highest BCUT2D eigenvalue weighted by molar-refractivity contribution is 9.10. The van der Waals surface area contributed by atoms with Gasteiger partial charge in [-0.25, -0.2) is 4.98 Å². The fourth-order valence-corrected chi connectivity index (χ4v) is 2.04. The third-order valence-electron chi connectivity index (χ3n) is 2.60. The molecule has 0 saturated carbocycles. The van der Waals surface area contributed by atoms with Crippen LogP contribution >= 0.6 is 15.9 Å². The molecule has 0 amide bonds. The van der Waals surface area contributed by atoms with Gasteiger partial charge in [-0.05, 0) is 31.0 Å². The lowest BCUT2D eigenvalue weighted by atomic mass is 10.1. The summed E-state index contributed by atoms with van der Waals surface area (Å²) in [5.74, 6) is 0.765. The van der Waals surface area contributed by atoms with E-state index < -0.39 is 0 Å². The van der Waals surface area contributed by atoms with Crippen molar-refractivity contribution in [3.8, 4) is 0 Å². The van der Waals surface area contributed by atoms with E-state index >= 15 is 0 Å². The molecule has 0 radical (unpaired) electrons. The number of hydrogen-bond donors (Lipinski definition) is 1. The van der Waals surface area contributed by atoms with Crippen LogP contribution in [0.4, 0.5) is 0 Å². The summed E-state index contributed by atoms with van der Waals surface area (Å²) in [7, 11) is 0. The summed E-state index contributed by atoms with van der Waals surface area (Å²) in [5.41, 5.74) is 1.76. The number of H-pyrrole nitrogens is 1. The Kier molecular flexibility index (Phi) is 3.10. The summed E-state index contributed by atoms with van der Waals surface area (Å²) in [6, 6.07) is 3.68. The van der Waals surface area contributed by atoms with Crippen LogP contribution in [0.1, 0.15) is 24.7 Å². The first-order valence-electron chi connectivity index (χ1n) is 5.31. The number of aromatic nitrogens is 2. The van der Waals surface area contributed by atoms with E-state index in [4.69, 9.17) is 0 Å². The van der Waals surface area contributed by atoms with Crippen LogP contribution in [0.2, 0.25) is 0 Å². The zero-order valence-corrected chi connectivity index (χ0v) is 10.9. The molecule has 4 heteroatoms. The van der Waals surface area contributed by atoms with Gasteiger partial charge in [-0.1, -0.05) is 22.9 Å². The monoisotopic (exact) mass is 280 g/mol. The highest BCUT2D eigenvalue weighted by atomic mass is 79.9. The quantitative estimate of drug-likeness (QED) is 0.919. The molecule has 0 aliphatic rings. The summed E-state index contributed by atoms with van der Waals surface area (Å²) in [6.45, 7) is 4.03. The van der Waals surface area contributed by atoms with Crippen LogP contribution in [0.3, 0.4) is 0 Å². The first-order chi connectivity index (χ1) is 7.63. The smallest absolute Gasteiger partial charge is 0.258 e. The Bertz CT molecular complexity index is 589. The lowest BCUT2D eigenvalue weighted by Gasteiger charge is -2.05. The van der Waals surface area contributed by atoms with Crippen molar-refractivity contribution in [2.45, 2.75) is 26.7 Å². The maximum atomic E-state index is 11.8. The van der Waals surface area contributed by atoms with E-state index in [0.717, 1.165) is 34.2 Å². The minimum atomic E-state index is -0.0518. The number of hydrogen-bond acceptors (Lipinski definition) is 2. The SMILES string of the molecule is CCCc1nc2c(C)c(Br)ccc2c(=O)[nH]1. The van der Waals surface area contributed by atoms with Crippen molar-refractivity contribution in [1.29, 1.82) is 0 Å². The number of nitrogens with zero attached hydrogens (tertiary/aromatic N) is 1. The molecule has 0 bridgehead atoms. The number of rotatable bonds is 2. The van der Waals surface area contributed by atoms with E-state index in [2.05, 4.69) is 32.8 Å². The summed E-state index contributed by atoms with van der Waals surface area (Å²) < 4.78 is 0.987. The Morgan fingerprint density at radius 1 is 1.44 bits per heavy atom. The van der Waals surface area contributed by atoms with Crippen molar-refractivity contribution in [2.75, 3.05) is 0 Å². The zero-order valence-electron chi connectivity index (χ0n) is 9.30. The maximum absolute atomic E-state index is 11.8. The van der Waals surface area contributed by atoms with Crippen LogP contribution < -0.4 is 5.56 Å². The number of fused-ring (bicyclic) bond motifs is 1. The standard InChI is InChI=1S/C12H13BrN2O/c1-3-4-10-14-11-7(2)9(13)6-5-8(11)12(16)15-10/h5-6H,3-4H2,1-2H3,(H,14,15,16). The molecule has 3 nitrogen and oxygen atoms in total. The van der Waals surface area contributed by atoms with Gasteiger partial charge in [0, 0.05) is 10.9 Å². The van der Waals surface area contributed by atoms with Crippen LogP contribution in [0.5, 0.6) is 0 Å². The molecule has 0 saturated heterocycles. The number of aromatic amines is 1. The molecular formula is C12H13BrN2O. The van der Waals surface area contributed by atoms with Crippen LogP contribution in [-0.4, -0.2) is 9.97 Å².